The molecule has 0 bridgehead atoms. The van der Waals surface area contributed by atoms with Gasteiger partial charge in [-0.15, -0.1) is 0 Å². The molecule has 3 fully saturated rings. The van der Waals surface area contributed by atoms with Crippen LogP contribution in [0.15, 0.2) is 24.3 Å². The number of carbonyl (C=O) groups excluding carboxylic acids is 1. The highest BCUT2D eigenvalue weighted by Crippen LogP contribution is 2.35. The first kappa shape index (κ1) is 18.0. The first-order chi connectivity index (χ1) is 12.4. The number of sulfone groups is 1. The predicted molar refractivity (Wildman–Crippen MR) is 103 cm³/mol. The summed E-state index contributed by atoms with van der Waals surface area (Å²) in [6, 6.07) is 7.88. The van der Waals surface area contributed by atoms with Crippen LogP contribution in [0.25, 0.3) is 0 Å². The van der Waals surface area contributed by atoms with E-state index in [0.717, 1.165) is 24.1 Å². The zero-order chi connectivity index (χ0) is 18.3. The van der Waals surface area contributed by atoms with E-state index in [2.05, 4.69) is 4.90 Å². The Bertz CT molecular complexity index is 767. The van der Waals surface area contributed by atoms with Crippen LogP contribution in [0.2, 0.25) is 0 Å². The minimum atomic E-state index is -3.12. The summed E-state index contributed by atoms with van der Waals surface area (Å²) in [6.07, 6.45) is 7.03. The molecule has 1 aliphatic carbocycles. The van der Waals surface area contributed by atoms with Crippen molar-refractivity contribution >= 4 is 21.4 Å². The minimum Gasteiger partial charge on any atom is -0.306 e. The van der Waals surface area contributed by atoms with E-state index in [-0.39, 0.29) is 29.5 Å². The SMILES string of the molecule is Cc1ccc(N2C(=O)CN(C3CCCCCC3)[C@H]3CS(=O)(=O)C[C@H]32)cc1. The van der Waals surface area contributed by atoms with Crippen LogP contribution in [-0.2, 0) is 14.6 Å². The van der Waals surface area contributed by atoms with Gasteiger partial charge in [0, 0.05) is 17.8 Å². The van der Waals surface area contributed by atoms with Crippen molar-refractivity contribution < 1.29 is 13.2 Å². The van der Waals surface area contributed by atoms with Crippen molar-refractivity contribution in [2.75, 3.05) is 23.0 Å². The summed E-state index contributed by atoms with van der Waals surface area (Å²) in [7, 11) is -3.12. The van der Waals surface area contributed by atoms with E-state index in [1.807, 2.05) is 31.2 Å². The second-order valence-corrected chi connectivity index (χ2v) is 10.3. The van der Waals surface area contributed by atoms with Crippen molar-refractivity contribution in [2.24, 2.45) is 0 Å². The molecule has 0 unspecified atom stereocenters. The molecular formula is C20H28N2O3S. The summed E-state index contributed by atoms with van der Waals surface area (Å²) in [6.45, 7) is 2.35. The lowest BCUT2D eigenvalue weighted by molar-refractivity contribution is -0.124. The van der Waals surface area contributed by atoms with Crippen LogP contribution < -0.4 is 4.90 Å². The average molecular weight is 377 g/mol. The molecule has 2 heterocycles. The maximum Gasteiger partial charge on any atom is 0.241 e. The van der Waals surface area contributed by atoms with Crippen molar-refractivity contribution in [3.63, 3.8) is 0 Å². The molecule has 1 saturated carbocycles. The largest absolute Gasteiger partial charge is 0.306 e. The number of piperazine rings is 1. The Morgan fingerprint density at radius 1 is 0.923 bits per heavy atom. The van der Waals surface area contributed by atoms with Crippen LogP contribution in [0.4, 0.5) is 5.69 Å². The monoisotopic (exact) mass is 376 g/mol. The predicted octanol–water partition coefficient (Wildman–Crippen LogP) is 2.53. The second-order valence-electron chi connectivity index (χ2n) is 8.13. The highest BCUT2D eigenvalue weighted by Gasteiger charge is 2.51. The maximum absolute atomic E-state index is 13.1. The van der Waals surface area contributed by atoms with Gasteiger partial charge in [0.25, 0.3) is 0 Å². The lowest BCUT2D eigenvalue weighted by atomic mass is 9.97. The number of anilines is 1. The normalized spacial score (nSPS) is 30.2. The standard InChI is InChI=1S/C20H28N2O3S/c1-15-8-10-17(11-9-15)22-19-14-26(24,25)13-18(19)21(12-20(22)23)16-6-4-2-3-5-7-16/h8-11,16,18-19H,2-7,12-14H2,1H3/t18-,19+/m0/s1. The molecule has 0 spiro atoms. The Morgan fingerprint density at radius 3 is 2.19 bits per heavy atom. The van der Waals surface area contributed by atoms with Crippen LogP contribution in [0.3, 0.4) is 0 Å². The molecule has 1 amide bonds. The number of fused-ring (bicyclic) bond motifs is 1. The van der Waals surface area contributed by atoms with Crippen LogP contribution in [0.5, 0.6) is 0 Å². The number of nitrogens with zero attached hydrogens (tertiary/aromatic N) is 2. The van der Waals surface area contributed by atoms with E-state index >= 15 is 0 Å². The molecule has 3 aliphatic rings. The van der Waals surface area contributed by atoms with Gasteiger partial charge in [-0.3, -0.25) is 9.69 Å². The fraction of sp³-hybridized carbons (Fsp3) is 0.650. The first-order valence-corrected chi connectivity index (χ1v) is 11.6. The van der Waals surface area contributed by atoms with Crippen LogP contribution in [-0.4, -0.2) is 55.4 Å². The highest BCUT2D eigenvalue weighted by atomic mass is 32.2. The topological polar surface area (TPSA) is 57.7 Å². The molecule has 2 atom stereocenters. The van der Waals surface area contributed by atoms with Gasteiger partial charge in [-0.1, -0.05) is 43.4 Å². The number of benzene rings is 1. The van der Waals surface area contributed by atoms with Gasteiger partial charge in [-0.2, -0.15) is 0 Å². The fourth-order valence-electron chi connectivity index (χ4n) is 4.94. The van der Waals surface area contributed by atoms with Crippen molar-refractivity contribution in [3.8, 4) is 0 Å². The molecular weight excluding hydrogens is 348 g/mol. The van der Waals surface area contributed by atoms with E-state index < -0.39 is 9.84 Å². The molecule has 1 aromatic rings. The number of carbonyl (C=O) groups is 1. The maximum atomic E-state index is 13.1. The number of rotatable bonds is 2. The smallest absolute Gasteiger partial charge is 0.241 e. The zero-order valence-corrected chi connectivity index (χ0v) is 16.2. The van der Waals surface area contributed by atoms with E-state index in [1.165, 1.54) is 25.7 Å². The highest BCUT2D eigenvalue weighted by molar-refractivity contribution is 7.91. The molecule has 2 aliphatic heterocycles. The Hall–Kier alpha value is -1.40. The second kappa shape index (κ2) is 6.97. The summed E-state index contributed by atoms with van der Waals surface area (Å²) in [4.78, 5) is 17.1. The van der Waals surface area contributed by atoms with Gasteiger partial charge in [-0.05, 0) is 31.9 Å². The van der Waals surface area contributed by atoms with E-state index in [1.54, 1.807) is 4.90 Å². The van der Waals surface area contributed by atoms with E-state index in [9.17, 15) is 13.2 Å². The third-order valence-corrected chi connectivity index (χ3v) is 7.94. The summed E-state index contributed by atoms with van der Waals surface area (Å²) >= 11 is 0. The molecule has 1 aromatic carbocycles. The fourth-order valence-corrected chi connectivity index (χ4v) is 6.90. The number of hydrogen-bond acceptors (Lipinski definition) is 4. The number of aryl methyl sites for hydroxylation is 1. The van der Waals surface area contributed by atoms with Gasteiger partial charge in [0.1, 0.15) is 0 Å². The molecule has 0 aromatic heterocycles. The number of hydrogen-bond donors (Lipinski definition) is 0. The summed E-state index contributed by atoms with van der Waals surface area (Å²) in [5.41, 5.74) is 1.96. The zero-order valence-electron chi connectivity index (χ0n) is 15.4. The van der Waals surface area contributed by atoms with E-state index in [4.69, 9.17) is 0 Å². The lowest BCUT2D eigenvalue weighted by Gasteiger charge is -2.46. The molecule has 4 rings (SSSR count). The van der Waals surface area contributed by atoms with Gasteiger partial charge < -0.3 is 4.90 Å². The lowest BCUT2D eigenvalue weighted by Crippen LogP contribution is -2.64. The molecule has 0 radical (unpaired) electrons. The minimum absolute atomic E-state index is 0.0384. The summed E-state index contributed by atoms with van der Waals surface area (Å²) < 4.78 is 24.9. The van der Waals surface area contributed by atoms with Gasteiger partial charge in [-0.25, -0.2) is 8.42 Å². The molecule has 142 valence electrons. The summed E-state index contributed by atoms with van der Waals surface area (Å²) in [5, 5.41) is 0. The third kappa shape index (κ3) is 3.41. The van der Waals surface area contributed by atoms with Crippen LogP contribution >= 0.6 is 0 Å². The van der Waals surface area contributed by atoms with Crippen LogP contribution in [0.1, 0.15) is 44.1 Å². The quantitative estimate of drug-likeness (QED) is 0.745. The Kier molecular flexibility index (Phi) is 4.82. The Balaban J connectivity index is 1.66. The Labute approximate surface area is 156 Å². The molecule has 26 heavy (non-hydrogen) atoms. The van der Waals surface area contributed by atoms with Gasteiger partial charge >= 0.3 is 0 Å². The number of amides is 1. The van der Waals surface area contributed by atoms with E-state index in [0.29, 0.717) is 12.6 Å². The molecule has 6 heteroatoms. The van der Waals surface area contributed by atoms with Crippen molar-refractivity contribution in [3.05, 3.63) is 29.8 Å². The van der Waals surface area contributed by atoms with Gasteiger partial charge in [0.2, 0.25) is 5.91 Å². The Morgan fingerprint density at radius 2 is 1.54 bits per heavy atom. The molecule has 0 N–H and O–H groups in total. The van der Waals surface area contributed by atoms with Gasteiger partial charge in [0.15, 0.2) is 9.84 Å². The summed E-state index contributed by atoms with van der Waals surface area (Å²) in [5.74, 6) is 0.307. The average Bonchev–Trinajstić information content (AvgIpc) is 2.76. The van der Waals surface area contributed by atoms with Crippen LogP contribution in [0, 0.1) is 6.92 Å². The van der Waals surface area contributed by atoms with Crippen molar-refractivity contribution in [1.82, 2.24) is 4.90 Å². The van der Waals surface area contributed by atoms with Crippen molar-refractivity contribution in [2.45, 2.75) is 63.6 Å². The molecule has 2 saturated heterocycles. The molecule has 5 nitrogen and oxygen atoms in total. The van der Waals surface area contributed by atoms with Crippen molar-refractivity contribution in [1.29, 1.82) is 0 Å². The van der Waals surface area contributed by atoms with Gasteiger partial charge in [0.05, 0.1) is 24.1 Å². The first-order valence-electron chi connectivity index (χ1n) is 9.79. The third-order valence-electron chi connectivity index (χ3n) is 6.24.